The van der Waals surface area contributed by atoms with Gasteiger partial charge in [0.25, 0.3) is 0 Å². The molecule has 0 spiro atoms. The molecule has 0 aliphatic carbocycles. The number of carbonyl (C=O) groups is 2. The number of benzene rings is 2. The quantitative estimate of drug-likeness (QED) is 0.577. The van der Waals surface area contributed by atoms with Crippen LogP contribution in [0, 0.1) is 0 Å². The first kappa shape index (κ1) is 19.0. The molecule has 6 heteroatoms. The van der Waals surface area contributed by atoms with E-state index in [-0.39, 0.29) is 12.2 Å². The topological polar surface area (TPSA) is 63.6 Å². The predicted molar refractivity (Wildman–Crippen MR) is 97.8 cm³/mol. The lowest BCUT2D eigenvalue weighted by Gasteiger charge is -2.15. The molecule has 0 amide bonds. The Balaban J connectivity index is 2.75. The first-order valence-electron chi connectivity index (χ1n) is 7.57. The SMILES string of the molecule is CCOC(=O)C(CC(=O)O)=C(c1ccccc1)c1ccc(Cl)c(Cl)c1. The summed E-state index contributed by atoms with van der Waals surface area (Å²) < 4.78 is 5.06. The van der Waals surface area contributed by atoms with Crippen molar-refractivity contribution in [3.8, 4) is 0 Å². The number of ether oxygens (including phenoxy) is 1. The number of halogens is 2. The van der Waals surface area contributed by atoms with Crippen LogP contribution in [-0.4, -0.2) is 23.7 Å². The van der Waals surface area contributed by atoms with Crippen LogP contribution in [0.2, 0.25) is 10.0 Å². The van der Waals surface area contributed by atoms with E-state index in [2.05, 4.69) is 0 Å². The van der Waals surface area contributed by atoms with Crippen molar-refractivity contribution >= 4 is 40.7 Å². The maximum absolute atomic E-state index is 12.4. The van der Waals surface area contributed by atoms with E-state index >= 15 is 0 Å². The molecular formula is C19H16Cl2O4. The van der Waals surface area contributed by atoms with Crippen LogP contribution in [0.25, 0.3) is 5.57 Å². The Labute approximate surface area is 155 Å². The Hall–Kier alpha value is -2.30. The lowest BCUT2D eigenvalue weighted by Crippen LogP contribution is -2.14. The maximum Gasteiger partial charge on any atom is 0.335 e. The van der Waals surface area contributed by atoms with E-state index in [0.29, 0.717) is 26.7 Å². The number of esters is 1. The Morgan fingerprint density at radius 2 is 1.68 bits per heavy atom. The molecule has 0 heterocycles. The third kappa shape index (κ3) is 4.84. The van der Waals surface area contributed by atoms with Gasteiger partial charge in [-0.25, -0.2) is 4.79 Å². The highest BCUT2D eigenvalue weighted by Crippen LogP contribution is 2.33. The van der Waals surface area contributed by atoms with Crippen molar-refractivity contribution in [1.29, 1.82) is 0 Å². The van der Waals surface area contributed by atoms with Gasteiger partial charge >= 0.3 is 11.9 Å². The van der Waals surface area contributed by atoms with E-state index in [0.717, 1.165) is 0 Å². The van der Waals surface area contributed by atoms with Gasteiger partial charge in [-0.3, -0.25) is 4.79 Å². The third-order valence-corrected chi connectivity index (χ3v) is 4.16. The van der Waals surface area contributed by atoms with Crippen LogP contribution in [0.15, 0.2) is 54.1 Å². The van der Waals surface area contributed by atoms with Gasteiger partial charge in [0.05, 0.1) is 28.6 Å². The minimum absolute atomic E-state index is 0.0546. The van der Waals surface area contributed by atoms with Crippen molar-refractivity contribution in [3.63, 3.8) is 0 Å². The van der Waals surface area contributed by atoms with Gasteiger partial charge in [0, 0.05) is 0 Å². The lowest BCUT2D eigenvalue weighted by atomic mass is 9.91. The molecule has 130 valence electrons. The van der Waals surface area contributed by atoms with E-state index in [1.165, 1.54) is 0 Å². The summed E-state index contributed by atoms with van der Waals surface area (Å²) in [5.74, 6) is -1.80. The summed E-state index contributed by atoms with van der Waals surface area (Å²) >= 11 is 12.1. The van der Waals surface area contributed by atoms with Gasteiger partial charge in [-0.15, -0.1) is 0 Å². The first-order valence-corrected chi connectivity index (χ1v) is 8.32. The molecule has 0 saturated carbocycles. The van der Waals surface area contributed by atoms with Gasteiger partial charge in [-0.1, -0.05) is 59.6 Å². The number of aliphatic carboxylic acids is 1. The zero-order valence-electron chi connectivity index (χ0n) is 13.5. The predicted octanol–water partition coefficient (Wildman–Crippen LogP) is 4.83. The molecule has 0 radical (unpaired) electrons. The Morgan fingerprint density at radius 1 is 1.00 bits per heavy atom. The molecule has 0 atom stereocenters. The van der Waals surface area contributed by atoms with E-state index < -0.39 is 18.4 Å². The molecule has 0 bridgehead atoms. The molecular weight excluding hydrogens is 363 g/mol. The molecule has 2 aromatic carbocycles. The number of carboxylic acid groups (broad SMARTS) is 1. The summed E-state index contributed by atoms with van der Waals surface area (Å²) in [6.07, 6.45) is -0.469. The monoisotopic (exact) mass is 378 g/mol. The van der Waals surface area contributed by atoms with E-state index in [4.69, 9.17) is 27.9 Å². The van der Waals surface area contributed by atoms with Gasteiger partial charge in [0.1, 0.15) is 0 Å². The van der Waals surface area contributed by atoms with Crippen LogP contribution >= 0.6 is 23.2 Å². The maximum atomic E-state index is 12.4. The normalized spacial score (nSPS) is 11.6. The highest BCUT2D eigenvalue weighted by Gasteiger charge is 2.22. The van der Waals surface area contributed by atoms with Gasteiger partial charge in [0.15, 0.2) is 0 Å². The highest BCUT2D eigenvalue weighted by atomic mass is 35.5. The minimum atomic E-state index is -1.13. The van der Waals surface area contributed by atoms with Crippen LogP contribution in [0.1, 0.15) is 24.5 Å². The van der Waals surface area contributed by atoms with E-state index in [9.17, 15) is 14.7 Å². The van der Waals surface area contributed by atoms with Crippen molar-refractivity contribution in [2.24, 2.45) is 0 Å². The van der Waals surface area contributed by atoms with Crippen molar-refractivity contribution in [2.45, 2.75) is 13.3 Å². The second-order valence-electron chi connectivity index (χ2n) is 5.14. The van der Waals surface area contributed by atoms with Crippen molar-refractivity contribution in [1.82, 2.24) is 0 Å². The summed E-state index contributed by atoms with van der Waals surface area (Å²) in [6.45, 7) is 1.81. The first-order chi connectivity index (χ1) is 11.9. The average molecular weight is 379 g/mol. The van der Waals surface area contributed by atoms with Crippen LogP contribution in [0.4, 0.5) is 0 Å². The molecule has 0 aromatic heterocycles. The summed E-state index contributed by atoms with van der Waals surface area (Å²) in [5, 5.41) is 9.93. The Morgan fingerprint density at radius 3 is 2.24 bits per heavy atom. The number of carbonyl (C=O) groups excluding carboxylic acids is 1. The van der Waals surface area contributed by atoms with Gasteiger partial charge in [0.2, 0.25) is 0 Å². The number of hydrogen-bond acceptors (Lipinski definition) is 3. The number of carboxylic acids is 1. The summed E-state index contributed by atoms with van der Waals surface area (Å²) in [7, 11) is 0. The van der Waals surface area contributed by atoms with Gasteiger partial charge in [-0.05, 0) is 35.8 Å². The number of rotatable bonds is 6. The molecule has 25 heavy (non-hydrogen) atoms. The zero-order valence-corrected chi connectivity index (χ0v) is 15.0. The average Bonchev–Trinajstić information content (AvgIpc) is 2.58. The summed E-state index contributed by atoms with van der Waals surface area (Å²) in [5.41, 5.74) is 1.79. The summed E-state index contributed by atoms with van der Waals surface area (Å²) in [4.78, 5) is 23.7. The largest absolute Gasteiger partial charge is 0.481 e. The van der Waals surface area contributed by atoms with Crippen LogP contribution in [-0.2, 0) is 14.3 Å². The van der Waals surface area contributed by atoms with Crippen molar-refractivity contribution in [3.05, 3.63) is 75.3 Å². The molecule has 0 aliphatic heterocycles. The van der Waals surface area contributed by atoms with Crippen LogP contribution in [0.3, 0.4) is 0 Å². The summed E-state index contributed by atoms with van der Waals surface area (Å²) in [6, 6.07) is 13.9. The lowest BCUT2D eigenvalue weighted by molar-refractivity contribution is -0.142. The Kier molecular flexibility index (Phi) is 6.62. The molecule has 2 aromatic rings. The standard InChI is InChI=1S/C19H16Cl2O4/c1-2-25-19(24)14(11-17(22)23)18(12-6-4-3-5-7-12)13-8-9-15(20)16(21)10-13/h3-10H,2,11H2,1H3,(H,22,23). The number of hydrogen-bond donors (Lipinski definition) is 1. The van der Waals surface area contributed by atoms with Crippen LogP contribution in [0.5, 0.6) is 0 Å². The van der Waals surface area contributed by atoms with E-state index in [1.807, 2.05) is 6.07 Å². The second kappa shape index (κ2) is 8.70. The van der Waals surface area contributed by atoms with E-state index in [1.54, 1.807) is 49.4 Å². The van der Waals surface area contributed by atoms with Gasteiger partial charge < -0.3 is 9.84 Å². The molecule has 0 fully saturated rings. The van der Waals surface area contributed by atoms with Gasteiger partial charge in [-0.2, -0.15) is 0 Å². The Bertz CT molecular complexity index is 813. The van der Waals surface area contributed by atoms with Crippen molar-refractivity contribution in [2.75, 3.05) is 6.61 Å². The fourth-order valence-electron chi connectivity index (χ4n) is 2.40. The third-order valence-electron chi connectivity index (χ3n) is 3.42. The molecule has 0 aliphatic rings. The van der Waals surface area contributed by atoms with Crippen molar-refractivity contribution < 1.29 is 19.4 Å². The molecule has 2 rings (SSSR count). The second-order valence-corrected chi connectivity index (χ2v) is 5.95. The molecule has 4 nitrogen and oxygen atoms in total. The molecule has 0 saturated heterocycles. The fraction of sp³-hybridized carbons (Fsp3) is 0.158. The minimum Gasteiger partial charge on any atom is -0.481 e. The fourth-order valence-corrected chi connectivity index (χ4v) is 2.70. The smallest absolute Gasteiger partial charge is 0.335 e. The molecule has 1 N–H and O–H groups in total. The van der Waals surface area contributed by atoms with Crippen LogP contribution < -0.4 is 0 Å². The highest BCUT2D eigenvalue weighted by molar-refractivity contribution is 6.42. The molecule has 0 unspecified atom stereocenters. The zero-order chi connectivity index (χ0) is 18.4.